The van der Waals surface area contributed by atoms with Gasteiger partial charge in [-0.05, 0) is 18.6 Å². The second kappa shape index (κ2) is 3.17. The number of rotatable bonds is 2. The van der Waals surface area contributed by atoms with Crippen LogP contribution in [-0.2, 0) is 0 Å². The molecule has 0 aliphatic carbocycles. The molecule has 1 aromatic rings. The van der Waals surface area contributed by atoms with Crippen LogP contribution >= 0.6 is 0 Å². The maximum atomic E-state index is 10.5. The summed E-state index contributed by atoms with van der Waals surface area (Å²) >= 11 is 0. The predicted molar refractivity (Wildman–Crippen MR) is 46.1 cm³/mol. The summed E-state index contributed by atoms with van der Waals surface area (Å²) in [5, 5.41) is 16.2. The zero-order valence-electron chi connectivity index (χ0n) is 6.66. The molecule has 0 aliphatic heterocycles. The van der Waals surface area contributed by atoms with Crippen LogP contribution in [0.2, 0.25) is 0 Å². The van der Waals surface area contributed by atoms with Crippen molar-refractivity contribution in [1.29, 1.82) is 5.41 Å². The Morgan fingerprint density at radius 3 is 2.50 bits per heavy atom. The summed E-state index contributed by atoms with van der Waals surface area (Å²) in [6.45, 7) is 1.76. The van der Waals surface area contributed by atoms with Gasteiger partial charge in [0.25, 0.3) is 0 Å². The number of nitrogens with one attached hydrogen (secondary N) is 1. The number of carbonyl (C=O) groups excluding carboxylic acids is 1. The van der Waals surface area contributed by atoms with Gasteiger partial charge in [0.05, 0.1) is 0 Å². The molecule has 0 saturated carbocycles. The van der Waals surface area contributed by atoms with Gasteiger partial charge in [-0.25, -0.2) is 0 Å². The molecule has 0 unspecified atom stereocenters. The van der Waals surface area contributed by atoms with Crippen LogP contribution in [0, 0.1) is 12.3 Å². The highest BCUT2D eigenvalue weighted by molar-refractivity contribution is 5.95. The molecule has 62 valence electrons. The summed E-state index contributed by atoms with van der Waals surface area (Å²) in [6, 6.07) is 3.12. The Labute approximate surface area is 70.2 Å². The summed E-state index contributed by atoms with van der Waals surface area (Å²) in [4.78, 5) is 10.5. The van der Waals surface area contributed by atoms with Crippen LogP contribution in [0.5, 0.6) is 5.75 Å². The molecule has 1 aromatic carbocycles. The van der Waals surface area contributed by atoms with Gasteiger partial charge in [-0.2, -0.15) is 0 Å². The molecule has 0 atom stereocenters. The van der Waals surface area contributed by atoms with Crippen LogP contribution in [0.1, 0.15) is 21.5 Å². The maximum Gasteiger partial charge on any atom is 0.151 e. The van der Waals surface area contributed by atoms with E-state index in [-0.39, 0.29) is 11.3 Å². The van der Waals surface area contributed by atoms with E-state index in [0.29, 0.717) is 11.8 Å². The molecule has 0 spiro atoms. The van der Waals surface area contributed by atoms with Crippen molar-refractivity contribution in [2.45, 2.75) is 6.92 Å². The first-order valence-corrected chi connectivity index (χ1v) is 3.49. The highest BCUT2D eigenvalue weighted by Gasteiger charge is 2.06. The summed E-state index contributed by atoms with van der Waals surface area (Å²) in [6.07, 6.45) is 1.63. The van der Waals surface area contributed by atoms with Gasteiger partial charge in [0.1, 0.15) is 5.75 Å². The number of benzene rings is 1. The second-order valence-corrected chi connectivity index (χ2v) is 2.49. The Kier molecular flexibility index (Phi) is 2.24. The highest BCUT2D eigenvalue weighted by atomic mass is 16.3. The average Bonchev–Trinajstić information content (AvgIpc) is 2.08. The van der Waals surface area contributed by atoms with Crippen LogP contribution in [-0.4, -0.2) is 17.6 Å². The van der Waals surface area contributed by atoms with Crippen LogP contribution in [0.15, 0.2) is 12.1 Å². The summed E-state index contributed by atoms with van der Waals surface area (Å²) in [5.41, 5.74) is 1.43. The first-order chi connectivity index (χ1) is 5.70. The van der Waals surface area contributed by atoms with Crippen LogP contribution in [0.3, 0.4) is 0 Å². The molecule has 1 rings (SSSR count). The lowest BCUT2D eigenvalue weighted by molar-refractivity contribution is 0.112. The number of aromatic hydroxyl groups is 1. The third kappa shape index (κ3) is 1.21. The highest BCUT2D eigenvalue weighted by Crippen LogP contribution is 2.20. The molecular weight excluding hydrogens is 154 g/mol. The van der Waals surface area contributed by atoms with Crippen molar-refractivity contribution in [3.63, 3.8) is 0 Å². The van der Waals surface area contributed by atoms with Crippen LogP contribution in [0.25, 0.3) is 0 Å². The lowest BCUT2D eigenvalue weighted by Gasteiger charge is -2.03. The van der Waals surface area contributed by atoms with Gasteiger partial charge in [0, 0.05) is 17.3 Å². The molecule has 0 fully saturated rings. The molecule has 0 radical (unpaired) electrons. The molecule has 0 aromatic heterocycles. The van der Waals surface area contributed by atoms with Crippen LogP contribution in [0.4, 0.5) is 0 Å². The number of phenolic OH excluding ortho intramolecular Hbond substituents is 1. The number of aryl methyl sites for hydroxylation is 1. The quantitative estimate of drug-likeness (QED) is 0.512. The van der Waals surface area contributed by atoms with Gasteiger partial charge in [0.2, 0.25) is 0 Å². The number of hydrogen-bond acceptors (Lipinski definition) is 3. The lowest BCUT2D eigenvalue weighted by atomic mass is 10.0. The molecule has 0 aliphatic rings. The van der Waals surface area contributed by atoms with E-state index in [1.54, 1.807) is 13.0 Å². The van der Waals surface area contributed by atoms with Crippen molar-refractivity contribution in [3.05, 3.63) is 28.8 Å². The fourth-order valence-electron chi connectivity index (χ4n) is 1.04. The molecule has 3 heteroatoms. The monoisotopic (exact) mass is 163 g/mol. The number of phenols is 1. The van der Waals surface area contributed by atoms with Gasteiger partial charge in [-0.3, -0.25) is 4.79 Å². The van der Waals surface area contributed by atoms with E-state index in [0.717, 1.165) is 11.8 Å². The standard InChI is InChI=1S/C9H9NO2/c1-6-2-3-9(12)7(4-10)8(6)5-11/h2-5,10,12H,1H3. The Hall–Kier alpha value is -1.64. The van der Waals surface area contributed by atoms with E-state index >= 15 is 0 Å². The normalized spacial score (nSPS) is 9.42. The first-order valence-electron chi connectivity index (χ1n) is 3.49. The van der Waals surface area contributed by atoms with Crippen LogP contribution < -0.4 is 0 Å². The third-order valence-electron chi connectivity index (χ3n) is 1.74. The van der Waals surface area contributed by atoms with Gasteiger partial charge in [-0.1, -0.05) is 6.07 Å². The van der Waals surface area contributed by atoms with Gasteiger partial charge in [-0.15, -0.1) is 0 Å². The van der Waals surface area contributed by atoms with Crippen molar-refractivity contribution >= 4 is 12.5 Å². The van der Waals surface area contributed by atoms with Gasteiger partial charge >= 0.3 is 0 Å². The fourth-order valence-corrected chi connectivity index (χ4v) is 1.04. The topological polar surface area (TPSA) is 61.1 Å². The minimum Gasteiger partial charge on any atom is -0.507 e. The van der Waals surface area contributed by atoms with Crippen molar-refractivity contribution < 1.29 is 9.90 Å². The van der Waals surface area contributed by atoms with Gasteiger partial charge < -0.3 is 10.5 Å². The Balaban J connectivity index is 3.48. The van der Waals surface area contributed by atoms with Gasteiger partial charge in [0.15, 0.2) is 6.29 Å². The van der Waals surface area contributed by atoms with E-state index in [1.807, 2.05) is 0 Å². The fraction of sp³-hybridized carbons (Fsp3) is 0.111. The Morgan fingerprint density at radius 1 is 1.42 bits per heavy atom. The van der Waals surface area contributed by atoms with Crippen molar-refractivity contribution in [2.24, 2.45) is 0 Å². The number of carbonyl (C=O) groups is 1. The zero-order chi connectivity index (χ0) is 9.14. The number of hydrogen-bond donors (Lipinski definition) is 2. The first kappa shape index (κ1) is 8.46. The second-order valence-electron chi connectivity index (χ2n) is 2.49. The SMILES string of the molecule is Cc1ccc(O)c(C=N)c1C=O. The average molecular weight is 163 g/mol. The maximum absolute atomic E-state index is 10.5. The van der Waals surface area contributed by atoms with E-state index in [9.17, 15) is 9.90 Å². The summed E-state index contributed by atoms with van der Waals surface area (Å²) in [7, 11) is 0. The molecule has 3 nitrogen and oxygen atoms in total. The molecule has 0 heterocycles. The third-order valence-corrected chi connectivity index (χ3v) is 1.74. The minimum absolute atomic E-state index is 0.0299. The molecular formula is C9H9NO2. The number of aldehydes is 1. The predicted octanol–water partition coefficient (Wildman–Crippen LogP) is 1.51. The van der Waals surface area contributed by atoms with E-state index in [1.165, 1.54) is 6.07 Å². The zero-order valence-corrected chi connectivity index (χ0v) is 6.66. The minimum atomic E-state index is -0.0299. The molecule has 12 heavy (non-hydrogen) atoms. The molecule has 0 bridgehead atoms. The Bertz CT molecular complexity index is 299. The molecule has 0 saturated heterocycles. The molecule has 0 amide bonds. The van der Waals surface area contributed by atoms with Crippen molar-refractivity contribution in [2.75, 3.05) is 0 Å². The Morgan fingerprint density at radius 2 is 2.08 bits per heavy atom. The summed E-state index contributed by atoms with van der Waals surface area (Å²) in [5.74, 6) is -0.0299. The lowest BCUT2D eigenvalue weighted by Crippen LogP contribution is -1.94. The van der Waals surface area contributed by atoms with E-state index in [4.69, 9.17) is 5.41 Å². The van der Waals surface area contributed by atoms with E-state index in [2.05, 4.69) is 0 Å². The van der Waals surface area contributed by atoms with Crippen molar-refractivity contribution in [3.8, 4) is 5.75 Å². The largest absolute Gasteiger partial charge is 0.507 e. The van der Waals surface area contributed by atoms with E-state index < -0.39 is 0 Å². The molecule has 2 N–H and O–H groups in total. The summed E-state index contributed by atoms with van der Waals surface area (Å²) < 4.78 is 0. The smallest absolute Gasteiger partial charge is 0.151 e. The van der Waals surface area contributed by atoms with Crippen molar-refractivity contribution in [1.82, 2.24) is 0 Å².